The molecule has 0 aromatic carbocycles. The Balaban J connectivity index is 1.72. The van der Waals surface area contributed by atoms with Crippen molar-refractivity contribution < 1.29 is 9.59 Å². The van der Waals surface area contributed by atoms with Crippen LogP contribution in [0, 0.1) is 20.8 Å². The number of thiophene rings is 1. The van der Waals surface area contributed by atoms with Gasteiger partial charge in [0.15, 0.2) is 5.82 Å². The maximum Gasteiger partial charge on any atom is 0.344 e. The van der Waals surface area contributed by atoms with Crippen molar-refractivity contribution in [1.82, 2.24) is 20.3 Å². The van der Waals surface area contributed by atoms with E-state index in [1.165, 1.54) is 0 Å². The molecule has 0 bridgehead atoms. The Hall–Kier alpha value is -2.22. The topological polar surface area (TPSA) is 87.2 Å². The highest BCUT2D eigenvalue weighted by atomic mass is 32.1. The van der Waals surface area contributed by atoms with Crippen molar-refractivity contribution in [2.24, 2.45) is 0 Å². The molecule has 4 rings (SSSR count). The third kappa shape index (κ3) is 2.47. The fraction of sp³-hybridized carbons (Fsp3) is 0.529. The van der Waals surface area contributed by atoms with Gasteiger partial charge in [-0.25, -0.2) is 14.8 Å². The molecule has 0 unspecified atom stereocenters. The maximum atomic E-state index is 12.9. The molecule has 25 heavy (non-hydrogen) atoms. The highest BCUT2D eigenvalue weighted by Gasteiger charge is 2.52. The molecule has 3 heterocycles. The summed E-state index contributed by atoms with van der Waals surface area (Å²) in [7, 11) is 0. The molecule has 2 N–H and O–H groups in total. The average molecular weight is 359 g/mol. The molecule has 2 aromatic heterocycles. The van der Waals surface area contributed by atoms with E-state index in [9.17, 15) is 9.59 Å². The molecule has 132 valence electrons. The Morgan fingerprint density at radius 1 is 1.12 bits per heavy atom. The molecule has 1 saturated heterocycles. The molecule has 2 aliphatic rings. The number of nitrogens with zero attached hydrogens (tertiary/aromatic N) is 3. The van der Waals surface area contributed by atoms with Crippen molar-refractivity contribution >= 4 is 39.3 Å². The van der Waals surface area contributed by atoms with Crippen molar-refractivity contribution in [1.29, 1.82) is 0 Å². The number of hydrazine groups is 1. The number of carbonyl (C=O) groups is 2. The lowest BCUT2D eigenvalue weighted by Crippen LogP contribution is -2.48. The summed E-state index contributed by atoms with van der Waals surface area (Å²) in [5.74, 6) is 0.919. The normalized spacial score (nSPS) is 19.7. The summed E-state index contributed by atoms with van der Waals surface area (Å²) in [5, 5.41) is 4.88. The number of urea groups is 1. The van der Waals surface area contributed by atoms with Crippen LogP contribution < -0.4 is 10.7 Å². The Kier molecular flexibility index (Phi) is 3.68. The second kappa shape index (κ2) is 5.66. The third-order valence-electron chi connectivity index (χ3n) is 5.23. The fourth-order valence-corrected chi connectivity index (χ4v) is 4.83. The third-order valence-corrected chi connectivity index (χ3v) is 6.33. The summed E-state index contributed by atoms with van der Waals surface area (Å²) >= 11 is 1.59. The molecule has 7 nitrogen and oxygen atoms in total. The molecule has 2 aromatic rings. The minimum Gasteiger partial charge on any atom is -0.322 e. The second-order valence-electron chi connectivity index (χ2n) is 6.91. The fourth-order valence-electron chi connectivity index (χ4n) is 3.76. The summed E-state index contributed by atoms with van der Waals surface area (Å²) < 4.78 is 0. The van der Waals surface area contributed by atoms with E-state index < -0.39 is 11.6 Å². The van der Waals surface area contributed by atoms with Crippen LogP contribution in [0.1, 0.15) is 48.4 Å². The number of hydrogen-bond acceptors (Lipinski definition) is 6. The summed E-state index contributed by atoms with van der Waals surface area (Å²) in [6, 6.07) is -0.402. The summed E-state index contributed by atoms with van der Waals surface area (Å²) in [6.07, 6.45) is 4.42. The second-order valence-corrected chi connectivity index (χ2v) is 8.11. The summed E-state index contributed by atoms with van der Waals surface area (Å²) in [4.78, 5) is 36.4. The molecule has 1 spiro atoms. The highest BCUT2D eigenvalue weighted by molar-refractivity contribution is 7.18. The minimum absolute atomic E-state index is 0.203. The molecule has 3 amide bonds. The van der Waals surface area contributed by atoms with Gasteiger partial charge in [-0.2, -0.15) is 5.01 Å². The number of rotatable bonds is 2. The van der Waals surface area contributed by atoms with Crippen molar-refractivity contribution in [3.05, 3.63) is 16.3 Å². The van der Waals surface area contributed by atoms with E-state index in [-0.39, 0.29) is 5.91 Å². The standard InChI is InChI=1S/C17H21N5O2S/c1-9-10(2)25-14-12(9)13(18-11(3)19-14)21-22-15(23)17(20-16(22)24)7-5-4-6-8-17/h4-8H2,1-3H3,(H,20,24)(H,18,19,21). The summed E-state index contributed by atoms with van der Waals surface area (Å²) in [5.41, 5.74) is 3.30. The predicted octanol–water partition coefficient (Wildman–Crippen LogP) is 3.20. The molecule has 8 heteroatoms. The van der Waals surface area contributed by atoms with Gasteiger partial charge >= 0.3 is 6.03 Å². The Labute approximate surface area is 149 Å². The van der Waals surface area contributed by atoms with Crippen LogP contribution in [-0.2, 0) is 4.79 Å². The van der Waals surface area contributed by atoms with E-state index in [1.54, 1.807) is 11.3 Å². The number of aryl methyl sites for hydroxylation is 3. The maximum absolute atomic E-state index is 12.9. The van der Waals surface area contributed by atoms with Crippen LogP contribution in [0.4, 0.5) is 10.6 Å². The van der Waals surface area contributed by atoms with Gasteiger partial charge in [0.05, 0.1) is 5.39 Å². The van der Waals surface area contributed by atoms with Crippen LogP contribution in [-0.4, -0.2) is 32.5 Å². The van der Waals surface area contributed by atoms with E-state index in [4.69, 9.17) is 0 Å². The lowest BCUT2D eigenvalue weighted by Gasteiger charge is -2.30. The first-order valence-corrected chi connectivity index (χ1v) is 9.41. The molecule has 1 aliphatic heterocycles. The zero-order chi connectivity index (χ0) is 17.8. The van der Waals surface area contributed by atoms with Crippen LogP contribution >= 0.6 is 11.3 Å². The Morgan fingerprint density at radius 3 is 2.56 bits per heavy atom. The monoisotopic (exact) mass is 359 g/mol. The molecule has 0 radical (unpaired) electrons. The van der Waals surface area contributed by atoms with E-state index in [1.807, 2.05) is 20.8 Å². The highest BCUT2D eigenvalue weighted by Crippen LogP contribution is 2.36. The van der Waals surface area contributed by atoms with Crippen molar-refractivity contribution in [2.75, 3.05) is 5.43 Å². The summed E-state index contributed by atoms with van der Waals surface area (Å²) in [6.45, 7) is 5.85. The van der Waals surface area contributed by atoms with Crippen molar-refractivity contribution in [2.45, 2.75) is 58.4 Å². The Bertz CT molecular complexity index is 885. The lowest BCUT2D eigenvalue weighted by molar-refractivity contribution is -0.131. The van der Waals surface area contributed by atoms with E-state index in [0.29, 0.717) is 24.5 Å². The minimum atomic E-state index is -0.747. The molecular formula is C17H21N5O2S. The number of hydrogen-bond donors (Lipinski definition) is 2. The largest absolute Gasteiger partial charge is 0.344 e. The first-order chi connectivity index (χ1) is 11.9. The molecule has 0 atom stereocenters. The zero-order valence-electron chi connectivity index (χ0n) is 14.6. The molecule has 1 saturated carbocycles. The Morgan fingerprint density at radius 2 is 1.84 bits per heavy atom. The van der Waals surface area contributed by atoms with Gasteiger partial charge in [0.2, 0.25) is 0 Å². The van der Waals surface area contributed by atoms with Gasteiger partial charge in [0, 0.05) is 4.88 Å². The van der Waals surface area contributed by atoms with Crippen LogP contribution in [0.15, 0.2) is 0 Å². The van der Waals surface area contributed by atoms with Gasteiger partial charge in [0.25, 0.3) is 5.91 Å². The number of imide groups is 1. The molecule has 1 aliphatic carbocycles. The lowest BCUT2D eigenvalue weighted by atomic mass is 9.82. The molecular weight excluding hydrogens is 338 g/mol. The van der Waals surface area contributed by atoms with Gasteiger partial charge in [-0.3, -0.25) is 10.2 Å². The predicted molar refractivity (Wildman–Crippen MR) is 96.4 cm³/mol. The van der Waals surface area contributed by atoms with E-state index in [0.717, 1.165) is 44.9 Å². The average Bonchev–Trinajstić information content (AvgIpc) is 2.97. The number of fused-ring (bicyclic) bond motifs is 1. The van der Waals surface area contributed by atoms with Crippen LogP contribution in [0.3, 0.4) is 0 Å². The van der Waals surface area contributed by atoms with E-state index >= 15 is 0 Å². The number of amides is 3. The number of nitrogens with one attached hydrogen (secondary N) is 2. The first kappa shape index (κ1) is 16.3. The number of anilines is 1. The number of aromatic nitrogens is 2. The SMILES string of the molecule is Cc1nc(NN2C(=O)NC3(CCCCC3)C2=O)c2c(C)c(C)sc2n1. The quantitative estimate of drug-likeness (QED) is 0.804. The molecule has 2 fully saturated rings. The smallest absolute Gasteiger partial charge is 0.322 e. The number of carbonyl (C=O) groups excluding carboxylic acids is 2. The van der Waals surface area contributed by atoms with Crippen molar-refractivity contribution in [3.63, 3.8) is 0 Å². The van der Waals surface area contributed by atoms with Gasteiger partial charge in [-0.05, 0) is 39.2 Å². The van der Waals surface area contributed by atoms with Crippen LogP contribution in [0.2, 0.25) is 0 Å². The zero-order valence-corrected chi connectivity index (χ0v) is 15.4. The van der Waals surface area contributed by atoms with Gasteiger partial charge in [0.1, 0.15) is 16.2 Å². The first-order valence-electron chi connectivity index (χ1n) is 8.59. The van der Waals surface area contributed by atoms with E-state index in [2.05, 4.69) is 20.7 Å². The van der Waals surface area contributed by atoms with Gasteiger partial charge < -0.3 is 5.32 Å². The van der Waals surface area contributed by atoms with Gasteiger partial charge in [-0.15, -0.1) is 11.3 Å². The van der Waals surface area contributed by atoms with Crippen molar-refractivity contribution in [3.8, 4) is 0 Å². The van der Waals surface area contributed by atoms with Crippen LogP contribution in [0.25, 0.3) is 10.2 Å². The van der Waals surface area contributed by atoms with Gasteiger partial charge in [-0.1, -0.05) is 19.3 Å². The van der Waals surface area contributed by atoms with Crippen LogP contribution in [0.5, 0.6) is 0 Å².